The van der Waals surface area contributed by atoms with E-state index in [1.54, 1.807) is 0 Å². The summed E-state index contributed by atoms with van der Waals surface area (Å²) < 4.78 is 21.7. The first kappa shape index (κ1) is 17.5. The predicted molar refractivity (Wildman–Crippen MR) is 78.2 cm³/mol. The fraction of sp³-hybridized carbons (Fsp3) is 0.500. The maximum atomic E-state index is 10.7. The fourth-order valence-corrected chi connectivity index (χ4v) is 2.87. The molecule has 12 nitrogen and oxygen atoms in total. The van der Waals surface area contributed by atoms with Gasteiger partial charge in [0.05, 0.1) is 12.9 Å². The number of phosphoric acid groups is 1. The van der Waals surface area contributed by atoms with Crippen LogP contribution in [0.3, 0.4) is 0 Å². The quantitative estimate of drug-likeness (QED) is 0.207. The van der Waals surface area contributed by atoms with Gasteiger partial charge in [0, 0.05) is 0 Å². The third kappa shape index (κ3) is 3.25. The van der Waals surface area contributed by atoms with Crippen LogP contribution in [-0.2, 0) is 13.8 Å². The number of thiol groups is 1. The highest BCUT2D eigenvalue weighted by Crippen LogP contribution is 2.39. The second-order valence-electron chi connectivity index (χ2n) is 5.00. The minimum Gasteiger partial charge on any atom is -0.492 e. The average molecular weight is 380 g/mol. The number of rotatable bonds is 4. The monoisotopic (exact) mass is 380 g/mol. The van der Waals surface area contributed by atoms with Gasteiger partial charge >= 0.3 is 7.82 Å². The van der Waals surface area contributed by atoms with Gasteiger partial charge in [0.2, 0.25) is 5.88 Å². The SMILES string of the molecule is O=P(O)(O)OC[C@H]1O[C@@H](n2cnc3c(O)nc(S)nc32)[C@H](O)[C@@H]1O. The van der Waals surface area contributed by atoms with Gasteiger partial charge in [-0.3, -0.25) is 9.09 Å². The summed E-state index contributed by atoms with van der Waals surface area (Å²) in [4.78, 5) is 28.9. The smallest absolute Gasteiger partial charge is 0.469 e. The number of aliphatic hydroxyl groups is 2. The van der Waals surface area contributed by atoms with Gasteiger partial charge < -0.3 is 29.8 Å². The Bertz CT molecular complexity index is 811. The summed E-state index contributed by atoms with van der Waals surface area (Å²) in [5.41, 5.74) is 0.133. The van der Waals surface area contributed by atoms with Crippen LogP contribution < -0.4 is 0 Å². The topological polar surface area (TPSA) is 180 Å². The first-order valence-corrected chi connectivity index (χ1v) is 8.49. The van der Waals surface area contributed by atoms with Crippen LogP contribution in [0, 0.1) is 0 Å². The summed E-state index contributed by atoms with van der Waals surface area (Å²) in [6, 6.07) is 0. The van der Waals surface area contributed by atoms with Gasteiger partial charge in [-0.1, -0.05) is 0 Å². The van der Waals surface area contributed by atoms with Crippen molar-refractivity contribution in [1.82, 2.24) is 19.5 Å². The Morgan fingerprint density at radius 1 is 1.33 bits per heavy atom. The first-order valence-electron chi connectivity index (χ1n) is 6.51. The predicted octanol–water partition coefficient (Wildman–Crippen LogP) is -1.45. The molecule has 0 saturated carbocycles. The van der Waals surface area contributed by atoms with Crippen LogP contribution in [0.15, 0.2) is 11.5 Å². The van der Waals surface area contributed by atoms with Crippen LogP contribution in [0.4, 0.5) is 0 Å². The Kier molecular flexibility index (Phi) is 4.53. The summed E-state index contributed by atoms with van der Waals surface area (Å²) in [6.45, 7) is -0.635. The molecule has 4 atom stereocenters. The molecule has 14 heteroatoms. The molecule has 2 aromatic rings. The van der Waals surface area contributed by atoms with Gasteiger partial charge in [-0.2, -0.15) is 4.98 Å². The second kappa shape index (κ2) is 6.20. The zero-order chi connectivity index (χ0) is 17.6. The number of hydrogen-bond acceptors (Lipinski definition) is 10. The third-order valence-corrected chi connectivity index (χ3v) is 4.09. The summed E-state index contributed by atoms with van der Waals surface area (Å²) in [6.07, 6.45) is -4.07. The lowest BCUT2D eigenvalue weighted by molar-refractivity contribution is -0.0504. The first-order chi connectivity index (χ1) is 11.2. The molecule has 1 fully saturated rings. The van der Waals surface area contributed by atoms with Crippen LogP contribution in [-0.4, -0.2) is 69.5 Å². The van der Waals surface area contributed by atoms with E-state index in [0.29, 0.717) is 0 Å². The van der Waals surface area contributed by atoms with Crippen molar-refractivity contribution in [2.75, 3.05) is 6.61 Å². The van der Waals surface area contributed by atoms with Crippen molar-refractivity contribution < 1.29 is 38.9 Å². The Morgan fingerprint density at radius 3 is 2.71 bits per heavy atom. The molecule has 0 bridgehead atoms. The van der Waals surface area contributed by atoms with E-state index < -0.39 is 44.8 Å². The van der Waals surface area contributed by atoms with Crippen molar-refractivity contribution >= 4 is 31.6 Å². The fourth-order valence-electron chi connectivity index (χ4n) is 2.34. The Labute approximate surface area is 139 Å². The molecule has 0 aliphatic carbocycles. The lowest BCUT2D eigenvalue weighted by Gasteiger charge is -2.16. The van der Waals surface area contributed by atoms with Gasteiger partial charge in [0.25, 0.3) is 0 Å². The van der Waals surface area contributed by atoms with Crippen molar-refractivity contribution in [3.05, 3.63) is 6.33 Å². The van der Waals surface area contributed by atoms with Crippen LogP contribution >= 0.6 is 20.5 Å². The molecule has 0 spiro atoms. The molecule has 24 heavy (non-hydrogen) atoms. The zero-order valence-electron chi connectivity index (χ0n) is 11.7. The highest BCUT2D eigenvalue weighted by molar-refractivity contribution is 7.80. The molecule has 132 valence electrons. The maximum absolute atomic E-state index is 10.7. The van der Waals surface area contributed by atoms with E-state index in [2.05, 4.69) is 32.1 Å². The number of hydrogen-bond donors (Lipinski definition) is 6. The standard InChI is InChI=1S/C10H13N4O8PS/c15-5-3(1-21-23(18,19)20)22-9(6(5)16)14-2-11-4-7(14)12-10(24)13-8(4)17/h2-3,5-6,9,15-16H,1H2,(H2,18,19,20)(H2,12,13,17,24)/t3-,5-,6-,9-/m1/s1. The highest BCUT2D eigenvalue weighted by atomic mass is 32.1. The zero-order valence-corrected chi connectivity index (χ0v) is 13.5. The van der Waals surface area contributed by atoms with Crippen molar-refractivity contribution in [2.45, 2.75) is 29.7 Å². The van der Waals surface area contributed by atoms with Crippen LogP contribution in [0.1, 0.15) is 6.23 Å². The molecular weight excluding hydrogens is 367 g/mol. The Balaban J connectivity index is 1.89. The third-order valence-electron chi connectivity index (χ3n) is 3.41. The van der Waals surface area contributed by atoms with Gasteiger partial charge in [-0.05, 0) is 0 Å². The molecular formula is C10H13N4O8PS. The lowest BCUT2D eigenvalue weighted by Crippen LogP contribution is -2.33. The summed E-state index contributed by atoms with van der Waals surface area (Å²) >= 11 is 3.94. The summed E-state index contributed by atoms with van der Waals surface area (Å²) in [5, 5.41) is 29.8. The number of phosphoric ester groups is 1. The Hall–Kier alpha value is -1.31. The van der Waals surface area contributed by atoms with Crippen molar-refractivity contribution in [2.24, 2.45) is 0 Å². The van der Waals surface area contributed by atoms with Gasteiger partial charge in [-0.25, -0.2) is 14.5 Å². The molecule has 5 N–H and O–H groups in total. The summed E-state index contributed by atoms with van der Waals surface area (Å²) in [5.74, 6) is -0.418. The number of nitrogens with zero attached hydrogens (tertiary/aromatic N) is 4. The number of aliphatic hydroxyl groups excluding tert-OH is 2. The molecule has 0 radical (unpaired) electrons. The average Bonchev–Trinajstić information content (AvgIpc) is 3.00. The molecule has 2 aromatic heterocycles. The van der Waals surface area contributed by atoms with E-state index in [0.717, 1.165) is 0 Å². The number of imidazole rings is 1. The van der Waals surface area contributed by atoms with E-state index in [1.807, 2.05) is 0 Å². The summed E-state index contributed by atoms with van der Waals surface area (Å²) in [7, 11) is -4.75. The normalized spacial score (nSPS) is 27.9. The molecule has 1 aliphatic rings. The number of aromatic hydroxyl groups is 1. The Morgan fingerprint density at radius 2 is 2.04 bits per heavy atom. The number of aromatic nitrogens is 4. The highest BCUT2D eigenvalue weighted by Gasteiger charge is 2.45. The van der Waals surface area contributed by atoms with E-state index in [9.17, 15) is 19.9 Å². The largest absolute Gasteiger partial charge is 0.492 e. The van der Waals surface area contributed by atoms with Crippen molar-refractivity contribution in [1.29, 1.82) is 0 Å². The molecule has 3 heterocycles. The van der Waals surface area contributed by atoms with Crippen LogP contribution in [0.2, 0.25) is 0 Å². The maximum Gasteiger partial charge on any atom is 0.469 e. The van der Waals surface area contributed by atoms with E-state index >= 15 is 0 Å². The van der Waals surface area contributed by atoms with Gasteiger partial charge in [0.1, 0.15) is 18.3 Å². The molecule has 0 unspecified atom stereocenters. The molecule has 1 aliphatic heterocycles. The van der Waals surface area contributed by atoms with Crippen molar-refractivity contribution in [3.8, 4) is 5.88 Å². The van der Waals surface area contributed by atoms with E-state index in [4.69, 9.17) is 14.5 Å². The van der Waals surface area contributed by atoms with Crippen molar-refractivity contribution in [3.63, 3.8) is 0 Å². The minimum absolute atomic E-state index is 0.0352. The molecule has 3 rings (SSSR count). The molecule has 0 amide bonds. The van der Waals surface area contributed by atoms with Gasteiger partial charge in [-0.15, -0.1) is 12.6 Å². The second-order valence-corrected chi connectivity index (χ2v) is 6.64. The van der Waals surface area contributed by atoms with Crippen LogP contribution in [0.25, 0.3) is 11.2 Å². The van der Waals surface area contributed by atoms with E-state index in [1.165, 1.54) is 10.9 Å². The number of ether oxygens (including phenoxy) is 1. The molecule has 0 aromatic carbocycles. The van der Waals surface area contributed by atoms with Crippen LogP contribution in [0.5, 0.6) is 5.88 Å². The lowest BCUT2D eigenvalue weighted by atomic mass is 10.1. The number of fused-ring (bicyclic) bond motifs is 1. The molecule has 1 saturated heterocycles. The van der Waals surface area contributed by atoms with E-state index in [-0.39, 0.29) is 16.3 Å². The van der Waals surface area contributed by atoms with Gasteiger partial charge in [0.15, 0.2) is 22.5 Å². The minimum atomic E-state index is -4.75.